The van der Waals surface area contributed by atoms with Crippen LogP contribution in [0.1, 0.15) is 30.9 Å². The highest BCUT2D eigenvalue weighted by molar-refractivity contribution is 5.21. The lowest BCUT2D eigenvalue weighted by Gasteiger charge is -2.21. The molecule has 2 heteroatoms. The Kier molecular flexibility index (Phi) is 2.26. The Balaban J connectivity index is 1.91. The van der Waals surface area contributed by atoms with Gasteiger partial charge in [0.1, 0.15) is 0 Å². The number of nitrogens with zero attached hydrogens (tertiary/aromatic N) is 1. The lowest BCUT2D eigenvalue weighted by molar-refractivity contribution is -0.144. The molecule has 3 rings (SSSR count). The molecule has 0 aromatic heterocycles. The minimum Gasteiger partial charge on any atom is -0.295 e. The van der Waals surface area contributed by atoms with E-state index in [1.165, 1.54) is 24.8 Å². The van der Waals surface area contributed by atoms with Gasteiger partial charge in [0.25, 0.3) is 0 Å². The van der Waals surface area contributed by atoms with Crippen molar-refractivity contribution in [2.24, 2.45) is 5.92 Å². The van der Waals surface area contributed by atoms with E-state index in [0.29, 0.717) is 18.1 Å². The molecule has 1 saturated carbocycles. The number of fused-ring (bicyclic) bond motifs is 1. The molecule has 1 aliphatic carbocycles. The molecule has 1 heterocycles. The van der Waals surface area contributed by atoms with Gasteiger partial charge in [-0.2, -0.15) is 5.06 Å². The topological polar surface area (TPSA) is 12.5 Å². The number of benzene rings is 1. The SMILES string of the molecule is CN1O[C@@H]2CCC[C@H]2[C@H]1c1ccccc1. The maximum absolute atomic E-state index is 5.89. The smallest absolute Gasteiger partial charge is 0.0840 e. The third kappa shape index (κ3) is 1.48. The van der Waals surface area contributed by atoms with Crippen molar-refractivity contribution in [2.45, 2.75) is 31.4 Å². The van der Waals surface area contributed by atoms with Gasteiger partial charge >= 0.3 is 0 Å². The molecule has 1 aromatic carbocycles. The van der Waals surface area contributed by atoms with Gasteiger partial charge in [-0.15, -0.1) is 0 Å². The third-order valence-electron chi connectivity index (χ3n) is 3.74. The van der Waals surface area contributed by atoms with Crippen molar-refractivity contribution in [3.63, 3.8) is 0 Å². The molecule has 2 nitrogen and oxygen atoms in total. The molecule has 15 heavy (non-hydrogen) atoms. The quantitative estimate of drug-likeness (QED) is 0.696. The van der Waals surface area contributed by atoms with Crippen LogP contribution < -0.4 is 0 Å². The second kappa shape index (κ2) is 3.62. The molecule has 0 N–H and O–H groups in total. The van der Waals surface area contributed by atoms with Gasteiger partial charge in [-0.3, -0.25) is 4.84 Å². The molecule has 0 unspecified atom stereocenters. The summed E-state index contributed by atoms with van der Waals surface area (Å²) >= 11 is 0. The van der Waals surface area contributed by atoms with Crippen LogP contribution in [0.25, 0.3) is 0 Å². The van der Waals surface area contributed by atoms with E-state index in [1.807, 2.05) is 0 Å². The molecule has 2 aliphatic rings. The van der Waals surface area contributed by atoms with Crippen molar-refractivity contribution >= 4 is 0 Å². The highest BCUT2D eigenvalue weighted by atomic mass is 16.7. The Bertz CT molecular complexity index is 338. The van der Waals surface area contributed by atoms with Crippen LogP contribution in [0.3, 0.4) is 0 Å². The Hall–Kier alpha value is -0.860. The molecule has 0 radical (unpaired) electrons. The first-order chi connectivity index (χ1) is 7.36. The number of hydroxylamine groups is 2. The van der Waals surface area contributed by atoms with Crippen molar-refractivity contribution in [1.82, 2.24) is 5.06 Å². The molecule has 0 amide bonds. The molecule has 2 fully saturated rings. The molecule has 1 saturated heterocycles. The van der Waals surface area contributed by atoms with E-state index in [-0.39, 0.29) is 0 Å². The van der Waals surface area contributed by atoms with E-state index in [4.69, 9.17) is 4.84 Å². The predicted molar refractivity (Wildman–Crippen MR) is 59.2 cm³/mol. The standard InChI is InChI=1S/C13H17NO/c1-14-13(10-6-3-2-4-7-10)11-8-5-9-12(11)15-14/h2-4,6-7,11-13H,5,8-9H2,1H3/t11-,12-,13-/m1/s1. The minimum absolute atomic E-state index is 0.471. The monoisotopic (exact) mass is 203 g/mol. The van der Waals surface area contributed by atoms with E-state index >= 15 is 0 Å². The van der Waals surface area contributed by atoms with E-state index < -0.39 is 0 Å². The Morgan fingerprint density at radius 2 is 2.00 bits per heavy atom. The second-order valence-electron chi connectivity index (χ2n) is 4.64. The summed E-state index contributed by atoms with van der Waals surface area (Å²) in [6, 6.07) is 11.2. The molecule has 0 spiro atoms. The maximum Gasteiger partial charge on any atom is 0.0840 e. The molecule has 80 valence electrons. The van der Waals surface area contributed by atoms with E-state index in [1.54, 1.807) is 0 Å². The lowest BCUT2D eigenvalue weighted by Crippen LogP contribution is -2.19. The van der Waals surface area contributed by atoms with E-state index in [9.17, 15) is 0 Å². The lowest BCUT2D eigenvalue weighted by atomic mass is 9.91. The van der Waals surface area contributed by atoms with Crippen LogP contribution in [0.2, 0.25) is 0 Å². The fourth-order valence-electron chi connectivity index (χ4n) is 3.10. The van der Waals surface area contributed by atoms with Crippen molar-refractivity contribution in [3.8, 4) is 0 Å². The summed E-state index contributed by atoms with van der Waals surface area (Å²) in [5.74, 6) is 0.706. The zero-order chi connectivity index (χ0) is 10.3. The largest absolute Gasteiger partial charge is 0.295 e. The zero-order valence-electron chi connectivity index (χ0n) is 9.10. The Labute approximate surface area is 90.8 Å². The normalized spacial score (nSPS) is 35.7. The first kappa shape index (κ1) is 9.37. The average molecular weight is 203 g/mol. The third-order valence-corrected chi connectivity index (χ3v) is 3.74. The Morgan fingerprint density at radius 3 is 2.80 bits per heavy atom. The fraction of sp³-hybridized carbons (Fsp3) is 0.538. The van der Waals surface area contributed by atoms with Gasteiger partial charge in [-0.1, -0.05) is 36.8 Å². The summed E-state index contributed by atoms with van der Waals surface area (Å²) in [5, 5.41) is 2.06. The average Bonchev–Trinajstić information content (AvgIpc) is 2.78. The molecule has 3 atom stereocenters. The fourth-order valence-corrected chi connectivity index (χ4v) is 3.10. The van der Waals surface area contributed by atoms with Crippen LogP contribution in [-0.4, -0.2) is 18.2 Å². The summed E-state index contributed by atoms with van der Waals surface area (Å²) in [6.45, 7) is 0. The summed E-state index contributed by atoms with van der Waals surface area (Å²) in [4.78, 5) is 5.89. The van der Waals surface area contributed by atoms with Crippen LogP contribution in [0.15, 0.2) is 30.3 Å². The zero-order valence-corrected chi connectivity index (χ0v) is 9.10. The molecule has 1 aromatic rings. The summed E-state index contributed by atoms with van der Waals surface area (Å²) in [7, 11) is 2.07. The molecular formula is C13H17NO. The van der Waals surface area contributed by atoms with E-state index in [2.05, 4.69) is 42.4 Å². The van der Waals surface area contributed by atoms with Gasteiger partial charge in [0.15, 0.2) is 0 Å². The van der Waals surface area contributed by atoms with Crippen LogP contribution in [0.5, 0.6) is 0 Å². The van der Waals surface area contributed by atoms with Crippen molar-refractivity contribution in [1.29, 1.82) is 0 Å². The predicted octanol–water partition coefficient (Wildman–Crippen LogP) is 2.77. The summed E-state index contributed by atoms with van der Waals surface area (Å²) < 4.78 is 0. The van der Waals surface area contributed by atoms with Gasteiger partial charge in [0.05, 0.1) is 12.1 Å². The van der Waals surface area contributed by atoms with Crippen LogP contribution in [0.4, 0.5) is 0 Å². The first-order valence-corrected chi connectivity index (χ1v) is 5.81. The van der Waals surface area contributed by atoms with E-state index in [0.717, 1.165) is 0 Å². The minimum atomic E-state index is 0.471. The van der Waals surface area contributed by atoms with Crippen molar-refractivity contribution in [3.05, 3.63) is 35.9 Å². The molecule has 0 bridgehead atoms. The van der Waals surface area contributed by atoms with Gasteiger partial charge in [-0.05, 0) is 18.4 Å². The summed E-state index contributed by atoms with van der Waals surface area (Å²) in [5.41, 5.74) is 1.40. The Morgan fingerprint density at radius 1 is 1.20 bits per heavy atom. The maximum atomic E-state index is 5.89. The molecular weight excluding hydrogens is 186 g/mol. The molecule has 1 aliphatic heterocycles. The van der Waals surface area contributed by atoms with Crippen LogP contribution in [0, 0.1) is 5.92 Å². The number of hydrogen-bond donors (Lipinski definition) is 0. The highest BCUT2D eigenvalue weighted by Gasteiger charge is 2.44. The second-order valence-corrected chi connectivity index (χ2v) is 4.64. The number of hydrogen-bond acceptors (Lipinski definition) is 2. The van der Waals surface area contributed by atoms with Gasteiger partial charge in [-0.25, -0.2) is 0 Å². The van der Waals surface area contributed by atoms with Crippen LogP contribution in [-0.2, 0) is 4.84 Å². The van der Waals surface area contributed by atoms with Gasteiger partial charge in [0, 0.05) is 13.0 Å². The van der Waals surface area contributed by atoms with Crippen molar-refractivity contribution in [2.75, 3.05) is 7.05 Å². The first-order valence-electron chi connectivity index (χ1n) is 5.81. The van der Waals surface area contributed by atoms with Crippen molar-refractivity contribution < 1.29 is 4.84 Å². The highest BCUT2D eigenvalue weighted by Crippen LogP contribution is 2.46. The summed E-state index contributed by atoms with van der Waals surface area (Å²) in [6.07, 6.45) is 4.35. The van der Waals surface area contributed by atoms with Gasteiger partial charge in [0.2, 0.25) is 0 Å². The van der Waals surface area contributed by atoms with Crippen LogP contribution >= 0.6 is 0 Å². The number of rotatable bonds is 1. The van der Waals surface area contributed by atoms with Gasteiger partial charge < -0.3 is 0 Å².